The molecule has 0 aliphatic rings. The van der Waals surface area contributed by atoms with Gasteiger partial charge in [-0.15, -0.1) is 0 Å². The van der Waals surface area contributed by atoms with Crippen molar-refractivity contribution in [2.45, 2.75) is 0 Å². The fourth-order valence-electron chi connectivity index (χ4n) is 8.46. The SMILES string of the molecule is c1ccc2c(c1)ccc1oc3cc(-c4ccc(-c5ccc6c7ccccc7c7nc8ccccc8n7c6c5)cc4)c4oc5ccccc5c4c3c12. The number of furan rings is 2. The Morgan fingerprint density at radius 1 is 0.412 bits per heavy atom. The van der Waals surface area contributed by atoms with Crippen LogP contribution < -0.4 is 0 Å². The molecule has 8 aromatic carbocycles. The summed E-state index contributed by atoms with van der Waals surface area (Å²) in [5, 5.41) is 10.4. The molecule has 12 aromatic rings. The quantitative estimate of drug-likeness (QED) is 0.175. The second-order valence-corrected chi connectivity index (χ2v) is 13.5. The van der Waals surface area contributed by atoms with E-state index in [0.717, 1.165) is 93.7 Å². The van der Waals surface area contributed by atoms with E-state index in [0.29, 0.717) is 0 Å². The number of pyridine rings is 1. The summed E-state index contributed by atoms with van der Waals surface area (Å²) >= 11 is 0. The van der Waals surface area contributed by atoms with Gasteiger partial charge in [0.2, 0.25) is 0 Å². The van der Waals surface area contributed by atoms with Crippen LogP contribution in [0.25, 0.3) is 115 Å². The van der Waals surface area contributed by atoms with Crippen molar-refractivity contribution < 1.29 is 8.83 Å². The summed E-state index contributed by atoms with van der Waals surface area (Å²) < 4.78 is 15.6. The molecule has 0 amide bonds. The lowest BCUT2D eigenvalue weighted by Gasteiger charge is -2.12. The van der Waals surface area contributed by atoms with Crippen LogP contribution in [0.1, 0.15) is 0 Å². The van der Waals surface area contributed by atoms with Gasteiger partial charge in [-0.25, -0.2) is 4.98 Å². The molecule has 0 unspecified atom stereocenters. The molecule has 12 rings (SSSR count). The van der Waals surface area contributed by atoms with Gasteiger partial charge in [0.25, 0.3) is 0 Å². The summed E-state index contributed by atoms with van der Waals surface area (Å²) in [7, 11) is 0. The van der Waals surface area contributed by atoms with Gasteiger partial charge < -0.3 is 8.83 Å². The normalized spacial score (nSPS) is 12.3. The Labute approximate surface area is 290 Å². The lowest BCUT2D eigenvalue weighted by atomic mass is 9.95. The van der Waals surface area contributed by atoms with Gasteiger partial charge >= 0.3 is 0 Å². The zero-order valence-electron chi connectivity index (χ0n) is 27.2. The van der Waals surface area contributed by atoms with Crippen LogP contribution in [0.4, 0.5) is 0 Å². The predicted molar refractivity (Wildman–Crippen MR) is 211 cm³/mol. The summed E-state index contributed by atoms with van der Waals surface area (Å²) in [4.78, 5) is 5.08. The minimum absolute atomic E-state index is 0.859. The molecule has 0 saturated heterocycles. The number of benzene rings is 8. The minimum Gasteiger partial charge on any atom is -0.456 e. The number of rotatable bonds is 2. The summed E-state index contributed by atoms with van der Waals surface area (Å²) in [5.41, 5.74) is 12.1. The first-order valence-electron chi connectivity index (χ1n) is 17.3. The van der Waals surface area contributed by atoms with E-state index in [1.165, 1.54) is 21.5 Å². The second kappa shape index (κ2) is 9.84. The first-order chi connectivity index (χ1) is 25.3. The lowest BCUT2D eigenvalue weighted by molar-refractivity contribution is 0.664. The van der Waals surface area contributed by atoms with Gasteiger partial charge in [-0.05, 0) is 69.2 Å². The predicted octanol–water partition coefficient (Wildman–Crippen LogP) is 13.1. The van der Waals surface area contributed by atoms with Crippen LogP contribution >= 0.6 is 0 Å². The second-order valence-electron chi connectivity index (χ2n) is 13.5. The molecule has 0 fully saturated rings. The molecule has 4 nitrogen and oxygen atoms in total. The summed E-state index contributed by atoms with van der Waals surface area (Å²) in [5.74, 6) is 0. The smallest absolute Gasteiger partial charge is 0.146 e. The van der Waals surface area contributed by atoms with Crippen LogP contribution in [-0.2, 0) is 0 Å². The molecule has 0 atom stereocenters. The zero-order valence-corrected chi connectivity index (χ0v) is 27.2. The van der Waals surface area contributed by atoms with Gasteiger partial charge in [0.1, 0.15) is 28.0 Å². The fourth-order valence-corrected chi connectivity index (χ4v) is 8.46. The topological polar surface area (TPSA) is 43.6 Å². The molecule has 4 heterocycles. The van der Waals surface area contributed by atoms with Crippen LogP contribution in [0.2, 0.25) is 0 Å². The molecule has 0 aliphatic heterocycles. The van der Waals surface area contributed by atoms with E-state index < -0.39 is 0 Å². The molecule has 0 N–H and O–H groups in total. The number of fused-ring (bicyclic) bond motifs is 17. The minimum atomic E-state index is 0.859. The number of imidazole rings is 1. The van der Waals surface area contributed by atoms with E-state index in [1.807, 2.05) is 6.07 Å². The van der Waals surface area contributed by atoms with Crippen LogP contribution in [0.3, 0.4) is 0 Å². The molecule has 0 bridgehead atoms. The Morgan fingerprint density at radius 3 is 2.04 bits per heavy atom. The summed E-state index contributed by atoms with van der Waals surface area (Å²) in [6.07, 6.45) is 0. The van der Waals surface area contributed by atoms with E-state index in [1.54, 1.807) is 0 Å². The van der Waals surface area contributed by atoms with Crippen LogP contribution in [0, 0.1) is 0 Å². The Hall–Kier alpha value is -6.91. The first-order valence-corrected chi connectivity index (χ1v) is 17.3. The monoisotopic (exact) mass is 650 g/mol. The maximum absolute atomic E-state index is 6.69. The Morgan fingerprint density at radius 2 is 1.14 bits per heavy atom. The zero-order chi connectivity index (χ0) is 33.2. The largest absolute Gasteiger partial charge is 0.456 e. The molecule has 0 saturated carbocycles. The maximum atomic E-state index is 6.69. The summed E-state index contributed by atoms with van der Waals surface area (Å²) in [6, 6.07) is 55.8. The van der Waals surface area contributed by atoms with Crippen molar-refractivity contribution >= 4 is 93.0 Å². The highest BCUT2D eigenvalue weighted by Gasteiger charge is 2.22. The first kappa shape index (κ1) is 27.0. The van der Waals surface area contributed by atoms with Crippen molar-refractivity contribution in [3.63, 3.8) is 0 Å². The Bertz CT molecular complexity index is 3420. The van der Waals surface area contributed by atoms with Crippen molar-refractivity contribution in [2.75, 3.05) is 0 Å². The van der Waals surface area contributed by atoms with Gasteiger partial charge in [0.05, 0.1) is 16.6 Å². The van der Waals surface area contributed by atoms with E-state index in [9.17, 15) is 0 Å². The van der Waals surface area contributed by atoms with Crippen LogP contribution in [-0.4, -0.2) is 9.38 Å². The van der Waals surface area contributed by atoms with E-state index >= 15 is 0 Å². The number of para-hydroxylation sites is 3. The molecule has 4 heteroatoms. The fraction of sp³-hybridized carbons (Fsp3) is 0. The lowest BCUT2D eigenvalue weighted by Crippen LogP contribution is -1.92. The molecular formula is C47H26N2O2. The van der Waals surface area contributed by atoms with Gasteiger partial charge in [0, 0.05) is 37.9 Å². The van der Waals surface area contributed by atoms with Gasteiger partial charge in [-0.3, -0.25) is 4.40 Å². The molecule has 236 valence electrons. The molecular weight excluding hydrogens is 625 g/mol. The third-order valence-electron chi connectivity index (χ3n) is 10.8. The number of nitrogens with zero attached hydrogens (tertiary/aromatic N) is 2. The number of hydrogen-bond acceptors (Lipinski definition) is 3. The molecule has 0 spiro atoms. The number of hydrogen-bond donors (Lipinski definition) is 0. The maximum Gasteiger partial charge on any atom is 0.146 e. The van der Waals surface area contributed by atoms with Gasteiger partial charge in [-0.2, -0.15) is 0 Å². The highest BCUT2D eigenvalue weighted by Crippen LogP contribution is 2.46. The van der Waals surface area contributed by atoms with Crippen molar-refractivity contribution in [3.05, 3.63) is 158 Å². The van der Waals surface area contributed by atoms with Crippen molar-refractivity contribution in [2.24, 2.45) is 0 Å². The molecule has 0 radical (unpaired) electrons. The molecule has 0 aliphatic carbocycles. The standard InChI is InChI=1S/C47H26N2O2/c1-2-10-31-28(9-1)22-24-41-43(31)45-42(50-41)26-36(46-44(45)35-13-5-8-16-40(35)51-46)29-19-17-27(18-20-29)30-21-23-33-32-11-3-4-12-34(32)47-48-37-14-6-7-15-38(37)49(47)39(33)25-30/h1-26H. The highest BCUT2D eigenvalue weighted by molar-refractivity contribution is 6.32. The number of aromatic nitrogens is 2. The van der Waals surface area contributed by atoms with Crippen LogP contribution in [0.15, 0.2) is 167 Å². The van der Waals surface area contributed by atoms with E-state index in [-0.39, 0.29) is 0 Å². The Balaban J connectivity index is 1.07. The van der Waals surface area contributed by atoms with Crippen LogP contribution in [0.5, 0.6) is 0 Å². The molecule has 4 aromatic heterocycles. The average Bonchev–Trinajstić information content (AvgIpc) is 3.89. The third-order valence-corrected chi connectivity index (χ3v) is 10.8. The van der Waals surface area contributed by atoms with E-state index in [2.05, 4.69) is 156 Å². The highest BCUT2D eigenvalue weighted by atomic mass is 16.3. The molecule has 51 heavy (non-hydrogen) atoms. The third kappa shape index (κ3) is 3.65. The van der Waals surface area contributed by atoms with Gasteiger partial charge in [0.15, 0.2) is 0 Å². The van der Waals surface area contributed by atoms with Crippen molar-refractivity contribution in [3.8, 4) is 22.3 Å². The van der Waals surface area contributed by atoms with Crippen molar-refractivity contribution in [1.29, 1.82) is 0 Å². The van der Waals surface area contributed by atoms with Crippen molar-refractivity contribution in [1.82, 2.24) is 9.38 Å². The average molecular weight is 651 g/mol. The van der Waals surface area contributed by atoms with Gasteiger partial charge in [-0.1, -0.05) is 121 Å². The summed E-state index contributed by atoms with van der Waals surface area (Å²) in [6.45, 7) is 0. The Kier molecular flexibility index (Phi) is 5.20. The van der Waals surface area contributed by atoms with E-state index in [4.69, 9.17) is 13.8 Å².